The van der Waals surface area contributed by atoms with E-state index >= 15 is 0 Å². The second kappa shape index (κ2) is 5.28. The predicted molar refractivity (Wildman–Crippen MR) is 77.8 cm³/mol. The van der Waals surface area contributed by atoms with Crippen LogP contribution in [0.2, 0.25) is 0 Å². The summed E-state index contributed by atoms with van der Waals surface area (Å²) in [6.45, 7) is 0. The Kier molecular flexibility index (Phi) is 3.52. The standard InChI is InChI=1S/C13H12N2OS2/c16-9-7-13(18-8-9)15-14-11-5-6-17-12-4-2-1-3-10(11)12/h1-4H,5-8H2. The number of nitrogens with zero attached hydrogens (tertiary/aromatic N) is 2. The fourth-order valence-electron chi connectivity index (χ4n) is 1.94. The Balaban J connectivity index is 1.87. The minimum atomic E-state index is 0.249. The third-order valence-electron chi connectivity index (χ3n) is 2.82. The van der Waals surface area contributed by atoms with Gasteiger partial charge in [0, 0.05) is 22.6 Å². The maximum atomic E-state index is 11.1. The summed E-state index contributed by atoms with van der Waals surface area (Å²) in [5.74, 6) is 1.85. The highest BCUT2D eigenvalue weighted by Crippen LogP contribution is 2.30. The molecular weight excluding hydrogens is 264 g/mol. The predicted octanol–water partition coefficient (Wildman–Crippen LogP) is 2.99. The second-order valence-corrected chi connectivity index (χ2v) is 6.32. The number of carbonyl (C=O) groups excluding carboxylic acids is 1. The van der Waals surface area contributed by atoms with E-state index in [1.165, 1.54) is 22.2 Å². The molecule has 3 rings (SSSR count). The highest BCUT2D eigenvalue weighted by molar-refractivity contribution is 8.15. The smallest absolute Gasteiger partial charge is 0.149 e. The Bertz CT molecular complexity index is 552. The Labute approximate surface area is 114 Å². The van der Waals surface area contributed by atoms with Crippen LogP contribution in [0.15, 0.2) is 39.4 Å². The van der Waals surface area contributed by atoms with Gasteiger partial charge in [-0.2, -0.15) is 5.10 Å². The van der Waals surface area contributed by atoms with Gasteiger partial charge in [-0.1, -0.05) is 18.2 Å². The molecule has 3 nitrogen and oxygen atoms in total. The van der Waals surface area contributed by atoms with Crippen molar-refractivity contribution < 1.29 is 4.79 Å². The molecule has 0 unspecified atom stereocenters. The second-order valence-electron chi connectivity index (χ2n) is 4.14. The molecule has 0 aromatic heterocycles. The maximum absolute atomic E-state index is 11.1. The van der Waals surface area contributed by atoms with Crippen LogP contribution in [0.1, 0.15) is 18.4 Å². The Morgan fingerprint density at radius 2 is 2.00 bits per heavy atom. The number of fused-ring (bicyclic) bond motifs is 1. The van der Waals surface area contributed by atoms with Gasteiger partial charge in [0.1, 0.15) is 10.8 Å². The number of hydrogen-bond donors (Lipinski definition) is 0. The molecular formula is C13H12N2OS2. The monoisotopic (exact) mass is 276 g/mol. The number of benzene rings is 1. The lowest BCUT2D eigenvalue weighted by atomic mass is 10.1. The van der Waals surface area contributed by atoms with Crippen molar-refractivity contribution in [2.45, 2.75) is 17.7 Å². The largest absolute Gasteiger partial charge is 0.298 e. The first-order valence-electron chi connectivity index (χ1n) is 5.83. The van der Waals surface area contributed by atoms with E-state index in [0.29, 0.717) is 12.2 Å². The third kappa shape index (κ3) is 2.52. The topological polar surface area (TPSA) is 41.8 Å². The molecule has 0 atom stereocenters. The van der Waals surface area contributed by atoms with E-state index < -0.39 is 0 Å². The lowest BCUT2D eigenvalue weighted by Gasteiger charge is -2.15. The summed E-state index contributed by atoms with van der Waals surface area (Å²) in [5.41, 5.74) is 2.23. The lowest BCUT2D eigenvalue weighted by Crippen LogP contribution is -2.09. The molecule has 0 spiro atoms. The van der Waals surface area contributed by atoms with Gasteiger partial charge in [-0.3, -0.25) is 4.79 Å². The molecule has 1 aromatic rings. The number of rotatable bonds is 1. The maximum Gasteiger partial charge on any atom is 0.149 e. The van der Waals surface area contributed by atoms with Crippen molar-refractivity contribution in [2.75, 3.05) is 11.5 Å². The normalized spacial score (nSPS) is 23.7. The van der Waals surface area contributed by atoms with Crippen molar-refractivity contribution >= 4 is 40.1 Å². The van der Waals surface area contributed by atoms with Crippen molar-refractivity contribution in [3.8, 4) is 0 Å². The van der Waals surface area contributed by atoms with Gasteiger partial charge in [-0.05, 0) is 6.07 Å². The van der Waals surface area contributed by atoms with Crippen molar-refractivity contribution in [1.82, 2.24) is 0 Å². The number of hydrogen-bond acceptors (Lipinski definition) is 5. The molecule has 0 N–H and O–H groups in total. The van der Waals surface area contributed by atoms with Crippen LogP contribution in [0.5, 0.6) is 0 Å². The fraction of sp³-hybridized carbons (Fsp3) is 0.308. The SMILES string of the molecule is O=C1CSC(=NN=C2CCSc3ccccc32)C1. The highest BCUT2D eigenvalue weighted by atomic mass is 32.2. The molecule has 2 heterocycles. The molecule has 1 aromatic carbocycles. The van der Waals surface area contributed by atoms with Crippen LogP contribution in [0.4, 0.5) is 0 Å². The van der Waals surface area contributed by atoms with E-state index in [1.54, 1.807) is 0 Å². The molecule has 0 radical (unpaired) electrons. The molecule has 0 aliphatic carbocycles. The van der Waals surface area contributed by atoms with Gasteiger partial charge in [-0.15, -0.1) is 28.6 Å². The Morgan fingerprint density at radius 1 is 1.11 bits per heavy atom. The lowest BCUT2D eigenvalue weighted by molar-refractivity contribution is -0.115. The van der Waals surface area contributed by atoms with Crippen LogP contribution < -0.4 is 0 Å². The molecule has 2 aliphatic rings. The molecule has 5 heteroatoms. The molecule has 0 saturated carbocycles. The van der Waals surface area contributed by atoms with E-state index in [2.05, 4.69) is 22.3 Å². The van der Waals surface area contributed by atoms with Gasteiger partial charge in [-0.25, -0.2) is 0 Å². The number of thioether (sulfide) groups is 2. The van der Waals surface area contributed by atoms with Gasteiger partial charge in [0.15, 0.2) is 0 Å². The first-order chi connectivity index (χ1) is 8.83. The molecule has 0 bridgehead atoms. The van der Waals surface area contributed by atoms with E-state index in [0.717, 1.165) is 22.9 Å². The minimum Gasteiger partial charge on any atom is -0.298 e. The summed E-state index contributed by atoms with van der Waals surface area (Å²) in [7, 11) is 0. The molecule has 1 fully saturated rings. The summed E-state index contributed by atoms with van der Waals surface area (Å²) < 4.78 is 0. The van der Waals surface area contributed by atoms with E-state index in [9.17, 15) is 4.79 Å². The van der Waals surface area contributed by atoms with E-state index in [4.69, 9.17) is 0 Å². The van der Waals surface area contributed by atoms with Gasteiger partial charge >= 0.3 is 0 Å². The summed E-state index contributed by atoms with van der Waals surface area (Å²) >= 11 is 3.37. The zero-order chi connectivity index (χ0) is 12.4. The molecule has 0 amide bonds. The number of carbonyl (C=O) groups is 1. The zero-order valence-corrected chi connectivity index (χ0v) is 11.4. The quantitative estimate of drug-likeness (QED) is 0.740. The third-order valence-corrected chi connectivity index (χ3v) is 4.93. The number of Topliss-reactive ketones (excluding diaryl/α,β-unsaturated/α-hetero) is 1. The van der Waals surface area contributed by atoms with Crippen molar-refractivity contribution in [3.63, 3.8) is 0 Å². The van der Waals surface area contributed by atoms with Crippen molar-refractivity contribution in [1.29, 1.82) is 0 Å². The van der Waals surface area contributed by atoms with Crippen LogP contribution in [-0.2, 0) is 4.79 Å². The number of ketones is 1. The van der Waals surface area contributed by atoms with Gasteiger partial charge in [0.2, 0.25) is 0 Å². The van der Waals surface area contributed by atoms with Crippen molar-refractivity contribution in [3.05, 3.63) is 29.8 Å². The van der Waals surface area contributed by atoms with Gasteiger partial charge in [0.25, 0.3) is 0 Å². The summed E-state index contributed by atoms with van der Waals surface area (Å²) in [5, 5.41) is 9.44. The average Bonchev–Trinajstić information content (AvgIpc) is 2.82. The molecule has 18 heavy (non-hydrogen) atoms. The summed E-state index contributed by atoms with van der Waals surface area (Å²) in [6.07, 6.45) is 1.40. The summed E-state index contributed by atoms with van der Waals surface area (Å²) in [4.78, 5) is 12.4. The molecule has 1 saturated heterocycles. The summed E-state index contributed by atoms with van der Waals surface area (Å²) in [6, 6.07) is 8.29. The first-order valence-corrected chi connectivity index (χ1v) is 7.80. The highest BCUT2D eigenvalue weighted by Gasteiger charge is 2.19. The average molecular weight is 276 g/mol. The van der Waals surface area contributed by atoms with E-state index in [-0.39, 0.29) is 5.78 Å². The van der Waals surface area contributed by atoms with Crippen LogP contribution in [0.25, 0.3) is 0 Å². The Hall–Kier alpha value is -1.07. The van der Waals surface area contributed by atoms with Gasteiger partial charge in [0.05, 0.1) is 17.9 Å². The van der Waals surface area contributed by atoms with Gasteiger partial charge < -0.3 is 0 Å². The van der Waals surface area contributed by atoms with Crippen LogP contribution in [0, 0.1) is 0 Å². The Morgan fingerprint density at radius 3 is 2.83 bits per heavy atom. The van der Waals surface area contributed by atoms with Crippen LogP contribution in [-0.4, -0.2) is 28.0 Å². The fourth-order valence-corrected chi connectivity index (χ4v) is 3.76. The molecule has 92 valence electrons. The first kappa shape index (κ1) is 12.0. The van der Waals surface area contributed by atoms with E-state index in [1.807, 2.05) is 23.9 Å². The van der Waals surface area contributed by atoms with Crippen LogP contribution in [0.3, 0.4) is 0 Å². The van der Waals surface area contributed by atoms with Crippen molar-refractivity contribution in [2.24, 2.45) is 10.2 Å². The zero-order valence-electron chi connectivity index (χ0n) is 9.76. The molecule has 2 aliphatic heterocycles. The minimum absolute atomic E-state index is 0.249. The van der Waals surface area contributed by atoms with Crippen LogP contribution >= 0.6 is 23.5 Å².